The minimum absolute atomic E-state index is 0.0429. The molecule has 0 bridgehead atoms. The van der Waals surface area contributed by atoms with Gasteiger partial charge in [0.2, 0.25) is 5.88 Å². The first-order chi connectivity index (χ1) is 18.8. The average Bonchev–Trinajstić information content (AvgIpc) is 3.17. The normalized spacial score (nSPS) is 28.6. The number of hydrogen-bond donors (Lipinski definition) is 2. The molecule has 4 aliphatic rings. The second-order valence-electron chi connectivity index (χ2n) is 11.5. The summed E-state index contributed by atoms with van der Waals surface area (Å²) in [5, 5.41) is 2.91. The molecular weight excluding hydrogens is 498 g/mol. The van der Waals surface area contributed by atoms with Crippen LogP contribution in [0.3, 0.4) is 0 Å². The Hall–Kier alpha value is -3.95. The van der Waals surface area contributed by atoms with Crippen LogP contribution in [0, 0.1) is 11.3 Å². The Bertz CT molecular complexity index is 1280. The van der Waals surface area contributed by atoms with E-state index < -0.39 is 11.9 Å². The summed E-state index contributed by atoms with van der Waals surface area (Å²) >= 11 is 0. The van der Waals surface area contributed by atoms with E-state index in [0.29, 0.717) is 25.1 Å². The second kappa shape index (κ2) is 9.98. The fraction of sp³-hybridized carbons (Fsp3) is 0.483. The van der Waals surface area contributed by atoms with Crippen LogP contribution in [0.2, 0.25) is 0 Å². The first-order valence-corrected chi connectivity index (χ1v) is 13.7. The van der Waals surface area contributed by atoms with Gasteiger partial charge in [0.1, 0.15) is 17.7 Å². The third-order valence-electron chi connectivity index (χ3n) is 8.88. The highest BCUT2D eigenvalue weighted by Gasteiger charge is 2.58. The van der Waals surface area contributed by atoms with E-state index in [4.69, 9.17) is 10.5 Å². The number of carbonyl (C=O) groups is 4. The number of piperidine rings is 1. The van der Waals surface area contributed by atoms with Crippen LogP contribution >= 0.6 is 0 Å². The van der Waals surface area contributed by atoms with Crippen molar-refractivity contribution in [2.75, 3.05) is 13.1 Å². The van der Waals surface area contributed by atoms with Crippen LogP contribution in [-0.2, 0) is 4.79 Å². The molecule has 0 radical (unpaired) electrons. The van der Waals surface area contributed by atoms with E-state index in [9.17, 15) is 19.2 Å². The molecule has 3 N–H and O–H groups in total. The fourth-order valence-electron chi connectivity index (χ4n) is 6.80. The maximum absolute atomic E-state index is 13.2. The smallest absolute Gasteiger partial charge is 0.325 e. The molecule has 10 nitrogen and oxygen atoms in total. The van der Waals surface area contributed by atoms with E-state index in [1.165, 1.54) is 4.90 Å². The maximum atomic E-state index is 13.2. The standard InChI is InChI=1S/C29H33N5O5/c30-24(35)22-7-4-10-31-25(22)39-21-16-29(17-21)14-20(15-29)34-27(37)23(32-28(34)38)13-18-8-11-33(12-9-18)26(36)19-5-2-1-3-6-19/h1-7,10,18,20-21,23H,8-9,11-17H2,(H2,30,35)(H,32,38)/t20-,21-,23?,29?. The Balaban J connectivity index is 0.966. The van der Waals surface area contributed by atoms with Crippen molar-refractivity contribution < 1.29 is 23.9 Å². The zero-order valence-electron chi connectivity index (χ0n) is 21.8. The lowest BCUT2D eigenvalue weighted by molar-refractivity contribution is -0.141. The number of primary amides is 1. The molecule has 6 rings (SSSR count). The van der Waals surface area contributed by atoms with Gasteiger partial charge in [0.15, 0.2) is 0 Å². The molecule has 2 aliphatic heterocycles. The van der Waals surface area contributed by atoms with Gasteiger partial charge in [-0.15, -0.1) is 0 Å². The highest BCUT2D eigenvalue weighted by Crippen LogP contribution is 2.58. The van der Waals surface area contributed by atoms with Crippen molar-refractivity contribution in [3.63, 3.8) is 0 Å². The number of carbonyl (C=O) groups excluding carboxylic acids is 4. The van der Waals surface area contributed by atoms with E-state index in [0.717, 1.165) is 38.5 Å². The number of nitrogens with zero attached hydrogens (tertiary/aromatic N) is 3. The highest BCUT2D eigenvalue weighted by atomic mass is 16.5. The van der Waals surface area contributed by atoms with Gasteiger partial charge in [-0.25, -0.2) is 9.78 Å². The summed E-state index contributed by atoms with van der Waals surface area (Å²) in [6.45, 7) is 1.32. The van der Waals surface area contributed by atoms with E-state index in [1.54, 1.807) is 18.3 Å². The summed E-state index contributed by atoms with van der Waals surface area (Å²) in [4.78, 5) is 57.7. The van der Waals surface area contributed by atoms with Crippen LogP contribution in [0.15, 0.2) is 48.7 Å². The molecule has 2 saturated heterocycles. The van der Waals surface area contributed by atoms with Gasteiger partial charge in [0.05, 0.1) is 0 Å². The SMILES string of the molecule is NC(=O)c1cccnc1O[C@H]1CC2(C1)C[C@H](N1C(=O)NC(CC3CCN(C(=O)c4ccccc4)CC3)C1=O)C2. The lowest BCUT2D eigenvalue weighted by Gasteiger charge is -2.58. The molecular formula is C29H33N5O5. The maximum Gasteiger partial charge on any atom is 0.325 e. The summed E-state index contributed by atoms with van der Waals surface area (Å²) in [6, 6.07) is 11.6. The van der Waals surface area contributed by atoms with Crippen LogP contribution in [0.1, 0.15) is 65.7 Å². The molecule has 3 heterocycles. The Kier molecular flexibility index (Phi) is 6.48. The van der Waals surface area contributed by atoms with Crippen molar-refractivity contribution >= 4 is 23.8 Å². The highest BCUT2D eigenvalue weighted by molar-refractivity contribution is 6.04. The monoisotopic (exact) mass is 531 g/mol. The Morgan fingerprint density at radius 2 is 1.74 bits per heavy atom. The summed E-state index contributed by atoms with van der Waals surface area (Å²) in [5.41, 5.74) is 6.44. The molecule has 10 heteroatoms. The summed E-state index contributed by atoms with van der Waals surface area (Å²) in [7, 11) is 0. The van der Waals surface area contributed by atoms with Crippen molar-refractivity contribution in [1.29, 1.82) is 0 Å². The van der Waals surface area contributed by atoms with Crippen LogP contribution in [0.5, 0.6) is 5.88 Å². The van der Waals surface area contributed by atoms with Crippen LogP contribution in [-0.4, -0.2) is 69.8 Å². The number of benzene rings is 1. The lowest BCUT2D eigenvalue weighted by Crippen LogP contribution is -2.60. The summed E-state index contributed by atoms with van der Waals surface area (Å²) < 4.78 is 5.93. The first-order valence-electron chi connectivity index (χ1n) is 13.7. The quantitative estimate of drug-likeness (QED) is 0.528. The molecule has 1 aromatic carbocycles. The number of ether oxygens (including phenoxy) is 1. The van der Waals surface area contributed by atoms with Crippen molar-refractivity contribution in [2.24, 2.45) is 17.1 Å². The number of urea groups is 1. The third-order valence-corrected chi connectivity index (χ3v) is 8.88. The Labute approximate surface area is 226 Å². The Morgan fingerprint density at radius 3 is 2.44 bits per heavy atom. The molecule has 2 aromatic rings. The zero-order valence-corrected chi connectivity index (χ0v) is 21.8. The number of nitrogens with two attached hydrogens (primary N) is 1. The molecule has 4 fully saturated rings. The molecule has 204 valence electrons. The van der Waals surface area contributed by atoms with Crippen LogP contribution in [0.25, 0.3) is 0 Å². The summed E-state index contributed by atoms with van der Waals surface area (Å²) in [6.07, 6.45) is 6.88. The van der Waals surface area contributed by atoms with Gasteiger partial charge in [0, 0.05) is 30.9 Å². The predicted molar refractivity (Wildman–Crippen MR) is 141 cm³/mol. The fourth-order valence-corrected chi connectivity index (χ4v) is 6.80. The van der Waals surface area contributed by atoms with Crippen LogP contribution < -0.4 is 15.8 Å². The molecule has 1 atom stereocenters. The van der Waals surface area contributed by atoms with Crippen molar-refractivity contribution in [2.45, 2.75) is 63.1 Å². The molecule has 2 aliphatic carbocycles. The van der Waals surface area contributed by atoms with Gasteiger partial charge in [-0.1, -0.05) is 18.2 Å². The van der Waals surface area contributed by atoms with Gasteiger partial charge in [-0.2, -0.15) is 0 Å². The lowest BCUT2D eigenvalue weighted by atomic mass is 9.52. The number of aromatic nitrogens is 1. The zero-order chi connectivity index (χ0) is 27.1. The van der Waals surface area contributed by atoms with Gasteiger partial charge < -0.3 is 20.7 Å². The van der Waals surface area contributed by atoms with Crippen molar-refractivity contribution in [3.05, 3.63) is 59.8 Å². The number of rotatable bonds is 7. The van der Waals surface area contributed by atoms with Crippen molar-refractivity contribution in [3.8, 4) is 5.88 Å². The number of pyridine rings is 1. The van der Waals surface area contributed by atoms with Gasteiger partial charge in [-0.05, 0) is 80.5 Å². The third kappa shape index (κ3) is 4.84. The Morgan fingerprint density at radius 1 is 1.03 bits per heavy atom. The molecule has 1 spiro atoms. The molecule has 5 amide bonds. The van der Waals surface area contributed by atoms with Crippen LogP contribution in [0.4, 0.5) is 4.79 Å². The second-order valence-corrected chi connectivity index (χ2v) is 11.5. The molecule has 39 heavy (non-hydrogen) atoms. The number of nitrogens with one attached hydrogen (secondary N) is 1. The van der Waals surface area contributed by atoms with Gasteiger partial charge >= 0.3 is 6.03 Å². The molecule has 2 saturated carbocycles. The predicted octanol–water partition coefficient (Wildman–Crippen LogP) is 2.73. The summed E-state index contributed by atoms with van der Waals surface area (Å²) in [5.74, 6) is -0.119. The van der Waals surface area contributed by atoms with E-state index >= 15 is 0 Å². The first kappa shape index (κ1) is 25.3. The number of amides is 5. The van der Waals surface area contributed by atoms with E-state index in [2.05, 4.69) is 10.3 Å². The minimum atomic E-state index is -0.574. The van der Waals surface area contributed by atoms with Crippen molar-refractivity contribution in [1.82, 2.24) is 20.1 Å². The topological polar surface area (TPSA) is 135 Å². The van der Waals surface area contributed by atoms with Gasteiger partial charge in [-0.3, -0.25) is 19.3 Å². The average molecular weight is 532 g/mol. The molecule has 1 unspecified atom stereocenters. The molecule has 1 aromatic heterocycles. The van der Waals surface area contributed by atoms with E-state index in [-0.39, 0.29) is 52.8 Å². The van der Waals surface area contributed by atoms with Gasteiger partial charge in [0.25, 0.3) is 17.7 Å². The largest absolute Gasteiger partial charge is 0.474 e. The number of imide groups is 1. The number of likely N-dealkylation sites (tertiary alicyclic amines) is 1. The number of hydrogen-bond acceptors (Lipinski definition) is 6. The van der Waals surface area contributed by atoms with E-state index in [1.807, 2.05) is 35.2 Å². The minimum Gasteiger partial charge on any atom is -0.474 e.